The highest BCUT2D eigenvalue weighted by Crippen LogP contribution is 2.34. The lowest BCUT2D eigenvalue weighted by atomic mass is 9.94. The van der Waals surface area contributed by atoms with E-state index in [0.29, 0.717) is 24.4 Å². The van der Waals surface area contributed by atoms with Crippen LogP contribution in [0.15, 0.2) is 48.7 Å². The van der Waals surface area contributed by atoms with Gasteiger partial charge in [-0.2, -0.15) is 5.26 Å². The molecule has 0 radical (unpaired) electrons. The first-order valence-electron chi connectivity index (χ1n) is 10.2. The molecule has 1 aromatic heterocycles. The third-order valence-corrected chi connectivity index (χ3v) is 5.59. The Balaban J connectivity index is 1.54. The third kappa shape index (κ3) is 4.03. The van der Waals surface area contributed by atoms with Crippen LogP contribution >= 0.6 is 0 Å². The minimum absolute atomic E-state index is 0.00488. The highest BCUT2D eigenvalue weighted by Gasteiger charge is 2.29. The van der Waals surface area contributed by atoms with Crippen LogP contribution in [0.25, 0.3) is 10.9 Å². The summed E-state index contributed by atoms with van der Waals surface area (Å²) in [6.45, 7) is 4.88. The van der Waals surface area contributed by atoms with Crippen molar-refractivity contribution in [1.82, 2.24) is 15.6 Å². The van der Waals surface area contributed by atoms with Crippen molar-refractivity contribution in [1.29, 1.82) is 5.26 Å². The smallest absolute Gasteiger partial charge is 0.237 e. The summed E-state index contributed by atoms with van der Waals surface area (Å²) in [4.78, 5) is 16.4. The second-order valence-electron chi connectivity index (χ2n) is 8.22. The standard InChI is InChI=1S/C24H26N4O/c1-15(2)10-21-19-4-3-5-20-23(19)18(14-26-20)11-22(28-21)24(29)27-13-17-8-6-16(12-25)7-9-17/h3-9,14-15,21-22,26,28H,10-11,13H2,1-2H3,(H,27,29)/t21-,22-/m0/s1. The maximum absolute atomic E-state index is 13.0. The maximum Gasteiger partial charge on any atom is 0.237 e. The second-order valence-corrected chi connectivity index (χ2v) is 8.22. The molecule has 2 aromatic carbocycles. The molecule has 3 N–H and O–H groups in total. The summed E-state index contributed by atoms with van der Waals surface area (Å²) in [7, 11) is 0. The Bertz CT molecular complexity index is 1060. The van der Waals surface area contributed by atoms with Crippen molar-refractivity contribution < 1.29 is 4.79 Å². The number of benzene rings is 2. The molecule has 0 aliphatic carbocycles. The molecular weight excluding hydrogens is 360 g/mol. The number of hydrogen-bond acceptors (Lipinski definition) is 3. The molecule has 0 saturated heterocycles. The summed E-state index contributed by atoms with van der Waals surface area (Å²) in [5.41, 5.74) is 5.20. The largest absolute Gasteiger partial charge is 0.361 e. The normalized spacial score (nSPS) is 18.4. The van der Waals surface area contributed by atoms with Gasteiger partial charge in [-0.3, -0.25) is 10.1 Å². The molecule has 5 nitrogen and oxygen atoms in total. The van der Waals surface area contributed by atoms with E-state index in [9.17, 15) is 4.79 Å². The molecule has 1 aliphatic heterocycles. The lowest BCUT2D eigenvalue weighted by Crippen LogP contribution is -2.46. The van der Waals surface area contributed by atoms with Crippen molar-refractivity contribution in [3.63, 3.8) is 0 Å². The van der Waals surface area contributed by atoms with Crippen LogP contribution in [0, 0.1) is 17.2 Å². The molecule has 29 heavy (non-hydrogen) atoms. The average Bonchev–Trinajstić information content (AvgIpc) is 3.06. The molecule has 2 heterocycles. The first kappa shape index (κ1) is 19.2. The minimum atomic E-state index is -0.288. The summed E-state index contributed by atoms with van der Waals surface area (Å²) in [5.74, 6) is 0.524. The van der Waals surface area contributed by atoms with E-state index < -0.39 is 0 Å². The van der Waals surface area contributed by atoms with Gasteiger partial charge < -0.3 is 10.3 Å². The number of nitrogens with one attached hydrogen (secondary N) is 3. The summed E-state index contributed by atoms with van der Waals surface area (Å²) in [5, 5.41) is 16.9. The van der Waals surface area contributed by atoms with Crippen molar-refractivity contribution in [2.45, 2.75) is 45.3 Å². The number of carbonyl (C=O) groups is 1. The monoisotopic (exact) mass is 386 g/mol. The fraction of sp³-hybridized carbons (Fsp3) is 0.333. The number of nitrogens with zero attached hydrogens (tertiary/aromatic N) is 1. The van der Waals surface area contributed by atoms with Gasteiger partial charge in [-0.1, -0.05) is 38.1 Å². The Morgan fingerprint density at radius 3 is 2.76 bits per heavy atom. The number of aromatic amines is 1. The highest BCUT2D eigenvalue weighted by molar-refractivity contribution is 5.90. The Hall–Kier alpha value is -3.10. The number of aromatic nitrogens is 1. The molecule has 1 aliphatic rings. The zero-order valence-corrected chi connectivity index (χ0v) is 16.8. The summed E-state index contributed by atoms with van der Waals surface area (Å²) in [6, 6.07) is 15.6. The number of amides is 1. The molecule has 3 aromatic rings. The van der Waals surface area contributed by atoms with E-state index in [-0.39, 0.29) is 18.0 Å². The van der Waals surface area contributed by atoms with Gasteiger partial charge in [0.15, 0.2) is 0 Å². The summed E-state index contributed by atoms with van der Waals surface area (Å²) in [6.07, 6.45) is 3.67. The van der Waals surface area contributed by atoms with Gasteiger partial charge in [0.1, 0.15) is 0 Å². The number of H-pyrrole nitrogens is 1. The Kier molecular flexibility index (Phi) is 5.37. The van der Waals surface area contributed by atoms with E-state index >= 15 is 0 Å². The molecule has 1 amide bonds. The lowest BCUT2D eigenvalue weighted by Gasteiger charge is -2.25. The van der Waals surface area contributed by atoms with Crippen LogP contribution < -0.4 is 10.6 Å². The van der Waals surface area contributed by atoms with Gasteiger partial charge in [-0.15, -0.1) is 0 Å². The first-order valence-corrected chi connectivity index (χ1v) is 10.2. The number of carbonyl (C=O) groups excluding carboxylic acids is 1. The molecule has 0 bridgehead atoms. The molecule has 148 valence electrons. The van der Waals surface area contributed by atoms with Crippen molar-refractivity contribution in [2.24, 2.45) is 5.92 Å². The van der Waals surface area contributed by atoms with Crippen LogP contribution in [0.1, 0.15) is 48.6 Å². The summed E-state index contributed by atoms with van der Waals surface area (Å²) < 4.78 is 0. The van der Waals surface area contributed by atoms with Crippen molar-refractivity contribution in [3.05, 3.63) is 70.9 Å². The zero-order valence-electron chi connectivity index (χ0n) is 16.8. The molecule has 0 spiro atoms. The van der Waals surface area contributed by atoms with Crippen LogP contribution in [0.5, 0.6) is 0 Å². The van der Waals surface area contributed by atoms with Gasteiger partial charge in [-0.25, -0.2) is 0 Å². The molecule has 0 fully saturated rings. The predicted octanol–water partition coefficient (Wildman–Crippen LogP) is 3.96. The van der Waals surface area contributed by atoms with E-state index in [1.165, 1.54) is 16.5 Å². The highest BCUT2D eigenvalue weighted by atomic mass is 16.2. The molecular formula is C24H26N4O. The number of nitriles is 1. The van der Waals surface area contributed by atoms with E-state index in [2.05, 4.69) is 53.7 Å². The third-order valence-electron chi connectivity index (χ3n) is 5.59. The van der Waals surface area contributed by atoms with Crippen molar-refractivity contribution in [3.8, 4) is 6.07 Å². The van der Waals surface area contributed by atoms with E-state index in [4.69, 9.17) is 5.26 Å². The van der Waals surface area contributed by atoms with Gasteiger partial charge in [0, 0.05) is 29.7 Å². The first-order chi connectivity index (χ1) is 14.0. The summed E-state index contributed by atoms with van der Waals surface area (Å²) >= 11 is 0. The van der Waals surface area contributed by atoms with Gasteiger partial charge in [0.25, 0.3) is 0 Å². The average molecular weight is 386 g/mol. The zero-order chi connectivity index (χ0) is 20.4. The number of hydrogen-bond donors (Lipinski definition) is 3. The van der Waals surface area contributed by atoms with Crippen LogP contribution in [-0.4, -0.2) is 16.9 Å². The fourth-order valence-corrected chi connectivity index (χ4v) is 4.19. The van der Waals surface area contributed by atoms with Crippen LogP contribution in [0.3, 0.4) is 0 Å². The quantitative estimate of drug-likeness (QED) is 0.621. The fourth-order valence-electron chi connectivity index (χ4n) is 4.19. The molecule has 2 atom stereocenters. The van der Waals surface area contributed by atoms with E-state index in [0.717, 1.165) is 17.5 Å². The molecule has 0 unspecified atom stereocenters. The Labute approximate surface area is 171 Å². The van der Waals surface area contributed by atoms with Crippen molar-refractivity contribution >= 4 is 16.8 Å². The van der Waals surface area contributed by atoms with Crippen LogP contribution in [-0.2, 0) is 17.8 Å². The second kappa shape index (κ2) is 8.10. The van der Waals surface area contributed by atoms with Crippen molar-refractivity contribution in [2.75, 3.05) is 0 Å². The van der Waals surface area contributed by atoms with Crippen LogP contribution in [0.2, 0.25) is 0 Å². The van der Waals surface area contributed by atoms with E-state index in [1.54, 1.807) is 12.1 Å². The SMILES string of the molecule is CC(C)C[C@@H]1N[C@H](C(=O)NCc2ccc(C#N)cc2)Cc2c[nH]c3cccc1c23. The topological polar surface area (TPSA) is 80.7 Å². The molecule has 5 heteroatoms. The van der Waals surface area contributed by atoms with Gasteiger partial charge in [-0.05, 0) is 53.6 Å². The number of rotatable bonds is 5. The van der Waals surface area contributed by atoms with Gasteiger partial charge in [0.2, 0.25) is 5.91 Å². The lowest BCUT2D eigenvalue weighted by molar-refractivity contribution is -0.123. The predicted molar refractivity (Wildman–Crippen MR) is 114 cm³/mol. The maximum atomic E-state index is 13.0. The Morgan fingerprint density at radius 2 is 2.03 bits per heavy atom. The van der Waals surface area contributed by atoms with Crippen LogP contribution in [0.4, 0.5) is 0 Å². The molecule has 0 saturated carbocycles. The van der Waals surface area contributed by atoms with Gasteiger partial charge >= 0.3 is 0 Å². The molecule has 4 rings (SSSR count). The van der Waals surface area contributed by atoms with E-state index in [1.807, 2.05) is 18.3 Å². The van der Waals surface area contributed by atoms with Gasteiger partial charge in [0.05, 0.1) is 17.7 Å². The Morgan fingerprint density at radius 1 is 1.24 bits per heavy atom. The minimum Gasteiger partial charge on any atom is -0.361 e.